The van der Waals surface area contributed by atoms with Crippen LogP contribution in [0.3, 0.4) is 0 Å². The lowest BCUT2D eigenvalue weighted by Gasteiger charge is -2.35. The number of nitrogens with zero attached hydrogens (tertiary/aromatic N) is 1. The Hall–Kier alpha value is -4.34. The molecule has 0 radical (unpaired) electrons. The van der Waals surface area contributed by atoms with Crippen LogP contribution in [0.25, 0.3) is 0 Å². The molecule has 0 aliphatic carbocycles. The Bertz CT molecular complexity index is 1420. The number of hydrogen-bond acceptors (Lipinski definition) is 7. The second kappa shape index (κ2) is 14.0. The van der Waals surface area contributed by atoms with Crippen molar-refractivity contribution in [3.63, 3.8) is 0 Å². The summed E-state index contributed by atoms with van der Waals surface area (Å²) in [6.07, 6.45) is -1.60. The molecule has 2 aromatic rings. The van der Waals surface area contributed by atoms with Crippen molar-refractivity contribution in [2.24, 2.45) is 11.8 Å². The topological polar surface area (TPSA) is 170 Å². The van der Waals surface area contributed by atoms with Gasteiger partial charge in [0.2, 0.25) is 23.5 Å². The number of aliphatic hydroxyl groups excluding tert-OH is 1. The van der Waals surface area contributed by atoms with E-state index < -0.39 is 118 Å². The Labute approximate surface area is 248 Å². The lowest BCUT2D eigenvalue weighted by Crippen LogP contribution is -2.64. The van der Waals surface area contributed by atoms with Crippen molar-refractivity contribution < 1.29 is 51.3 Å². The maximum Gasteiger partial charge on any atom is 0.274 e. The number of carbonyl (C=O) groups excluding carboxylic acids is 4. The number of rotatable bonds is 6. The van der Waals surface area contributed by atoms with E-state index >= 15 is 0 Å². The van der Waals surface area contributed by atoms with E-state index in [1.54, 1.807) is 13.8 Å². The van der Waals surface area contributed by atoms with Gasteiger partial charge in [-0.15, -0.1) is 0 Å². The van der Waals surface area contributed by atoms with E-state index in [1.807, 2.05) is 0 Å². The van der Waals surface area contributed by atoms with E-state index in [2.05, 4.69) is 26.3 Å². The van der Waals surface area contributed by atoms with E-state index in [-0.39, 0.29) is 0 Å². The molecule has 2 heterocycles. The molecule has 16 heteroatoms. The van der Waals surface area contributed by atoms with E-state index in [1.165, 1.54) is 26.1 Å². The number of aromatic hydroxyl groups is 1. The molecule has 0 spiro atoms. The normalized spacial score (nSPS) is 25.5. The van der Waals surface area contributed by atoms with Crippen LogP contribution in [-0.2, 0) is 20.8 Å². The molecule has 7 unspecified atom stereocenters. The quantitative estimate of drug-likeness (QED) is 0.159. The smallest absolute Gasteiger partial charge is 0.274 e. The first kappa shape index (κ1) is 34.2. The van der Waals surface area contributed by atoms with Crippen LogP contribution < -0.4 is 21.3 Å². The summed E-state index contributed by atoms with van der Waals surface area (Å²) >= 11 is 0. The van der Waals surface area contributed by atoms with Gasteiger partial charge in [-0.25, -0.2) is 26.9 Å². The van der Waals surface area contributed by atoms with Gasteiger partial charge >= 0.3 is 0 Å². The number of aromatic nitrogens is 1. The molecule has 44 heavy (non-hydrogen) atoms. The van der Waals surface area contributed by atoms with E-state index in [4.69, 9.17) is 0 Å². The monoisotopic (exact) mass is 629 g/mol. The number of nitrogens with one attached hydrogen (secondary N) is 4. The van der Waals surface area contributed by atoms with Crippen molar-refractivity contribution in [2.45, 2.75) is 70.8 Å². The molecular formula is C28H32F5N5O6. The SMILES string of the molecule is CCC(C)C1NC(=O)C(C)C(O)C(Cc2c(F)c(F)c(F)c(F)c2F)NC(=O)C(NC(=O)c2ncccc2O)C(C)NC1=O. The molecular weight excluding hydrogens is 597 g/mol. The number of hydrogen-bond donors (Lipinski definition) is 6. The average Bonchev–Trinajstić information content (AvgIpc) is 2.99. The van der Waals surface area contributed by atoms with Crippen molar-refractivity contribution in [2.75, 3.05) is 0 Å². The molecule has 1 aromatic carbocycles. The first-order valence-electron chi connectivity index (χ1n) is 13.6. The summed E-state index contributed by atoms with van der Waals surface area (Å²) in [7, 11) is 0. The van der Waals surface area contributed by atoms with Crippen LogP contribution in [-0.4, -0.2) is 69.1 Å². The highest BCUT2D eigenvalue weighted by atomic mass is 19.2. The lowest BCUT2D eigenvalue weighted by atomic mass is 9.89. The van der Waals surface area contributed by atoms with Crippen LogP contribution in [0.4, 0.5) is 22.0 Å². The zero-order valence-electron chi connectivity index (χ0n) is 24.1. The number of carbonyl (C=O) groups is 4. The molecule has 0 saturated carbocycles. The highest BCUT2D eigenvalue weighted by molar-refractivity contribution is 5.98. The molecule has 11 nitrogen and oxygen atoms in total. The predicted molar refractivity (Wildman–Crippen MR) is 143 cm³/mol. The summed E-state index contributed by atoms with van der Waals surface area (Å²) in [6, 6.07) is -3.55. The molecule has 6 N–H and O–H groups in total. The van der Waals surface area contributed by atoms with Crippen molar-refractivity contribution >= 4 is 23.6 Å². The highest BCUT2D eigenvalue weighted by Gasteiger charge is 2.40. The third-order valence-corrected chi connectivity index (χ3v) is 7.62. The molecule has 1 saturated heterocycles. The van der Waals surface area contributed by atoms with Crippen molar-refractivity contribution in [3.8, 4) is 5.75 Å². The molecule has 3 rings (SSSR count). The highest BCUT2D eigenvalue weighted by Crippen LogP contribution is 2.26. The van der Waals surface area contributed by atoms with Crippen LogP contribution in [0.5, 0.6) is 5.75 Å². The fourth-order valence-corrected chi connectivity index (χ4v) is 4.67. The maximum atomic E-state index is 14.6. The molecule has 0 bridgehead atoms. The van der Waals surface area contributed by atoms with Gasteiger partial charge in [0.25, 0.3) is 5.91 Å². The summed E-state index contributed by atoms with van der Waals surface area (Å²) in [4.78, 5) is 56.7. The number of amides is 4. The first-order valence-corrected chi connectivity index (χ1v) is 13.6. The minimum atomic E-state index is -2.42. The van der Waals surface area contributed by atoms with Crippen LogP contribution >= 0.6 is 0 Å². The van der Waals surface area contributed by atoms with Crippen molar-refractivity contribution in [1.82, 2.24) is 26.3 Å². The Morgan fingerprint density at radius 3 is 2.11 bits per heavy atom. The Balaban J connectivity index is 2.11. The van der Waals surface area contributed by atoms with Crippen LogP contribution in [0.2, 0.25) is 0 Å². The second-order valence-corrected chi connectivity index (χ2v) is 10.6. The minimum absolute atomic E-state index is 0.395. The molecule has 4 amide bonds. The van der Waals surface area contributed by atoms with Gasteiger partial charge in [-0.3, -0.25) is 19.2 Å². The van der Waals surface area contributed by atoms with Crippen LogP contribution in [0.1, 0.15) is 50.2 Å². The van der Waals surface area contributed by atoms with Gasteiger partial charge in [0.1, 0.15) is 17.8 Å². The Morgan fingerprint density at radius 2 is 1.55 bits per heavy atom. The zero-order chi connectivity index (χ0) is 33.0. The fraction of sp³-hybridized carbons (Fsp3) is 0.464. The van der Waals surface area contributed by atoms with Gasteiger partial charge in [-0.2, -0.15) is 0 Å². The standard InChI is InChI=1S/C28H32F5N5O6/c1-5-10(2)21-26(42)35-12(4)22(38-28(44)23-15(39)7-6-8-34-23)27(43)36-14(24(40)11(3)25(41)37-21)9-13-16(29)18(31)20(33)19(32)17(13)30/h6-8,10-12,14,21-22,24,39-40H,5,9H2,1-4H3,(H,35,42)(H,36,43)(H,37,41)(H,38,44). The number of pyridine rings is 1. The van der Waals surface area contributed by atoms with Gasteiger partial charge in [-0.1, -0.05) is 27.2 Å². The molecule has 240 valence electrons. The molecule has 1 aliphatic rings. The third kappa shape index (κ3) is 7.06. The average molecular weight is 630 g/mol. The van der Waals surface area contributed by atoms with Gasteiger partial charge in [-0.05, 0) is 25.0 Å². The Morgan fingerprint density at radius 1 is 0.955 bits per heavy atom. The maximum absolute atomic E-state index is 14.6. The molecule has 7 atom stereocenters. The zero-order valence-corrected chi connectivity index (χ0v) is 24.1. The van der Waals surface area contributed by atoms with E-state index in [0.29, 0.717) is 6.42 Å². The van der Waals surface area contributed by atoms with Gasteiger partial charge in [0, 0.05) is 18.2 Å². The van der Waals surface area contributed by atoms with E-state index in [9.17, 15) is 51.3 Å². The summed E-state index contributed by atoms with van der Waals surface area (Å²) in [5.41, 5.74) is -1.87. The minimum Gasteiger partial charge on any atom is -0.505 e. The number of benzene rings is 1. The summed E-state index contributed by atoms with van der Waals surface area (Å²) in [5, 5.41) is 30.7. The van der Waals surface area contributed by atoms with Crippen molar-refractivity contribution in [1.29, 1.82) is 0 Å². The predicted octanol–water partition coefficient (Wildman–Crippen LogP) is 1.35. The molecule has 1 fully saturated rings. The fourth-order valence-electron chi connectivity index (χ4n) is 4.67. The summed E-state index contributed by atoms with van der Waals surface area (Å²) in [6.45, 7) is 5.85. The third-order valence-electron chi connectivity index (χ3n) is 7.62. The molecule has 1 aromatic heterocycles. The first-order chi connectivity index (χ1) is 20.6. The number of aliphatic hydroxyl groups is 1. The molecule has 1 aliphatic heterocycles. The van der Waals surface area contributed by atoms with Crippen LogP contribution in [0.15, 0.2) is 18.3 Å². The van der Waals surface area contributed by atoms with E-state index in [0.717, 1.165) is 6.07 Å². The second-order valence-electron chi connectivity index (χ2n) is 10.6. The van der Waals surface area contributed by atoms with Crippen molar-refractivity contribution in [3.05, 3.63) is 58.7 Å². The summed E-state index contributed by atoms with van der Waals surface area (Å²) < 4.78 is 70.9. The van der Waals surface area contributed by atoms with Crippen LogP contribution in [0, 0.1) is 40.9 Å². The van der Waals surface area contributed by atoms with Gasteiger partial charge in [0.15, 0.2) is 29.0 Å². The summed E-state index contributed by atoms with van der Waals surface area (Å²) in [5.74, 6) is -17.8. The Kier molecular flexibility index (Phi) is 10.8. The lowest BCUT2D eigenvalue weighted by molar-refractivity contribution is -0.137. The number of halogens is 5. The van der Waals surface area contributed by atoms with Gasteiger partial charge < -0.3 is 31.5 Å². The van der Waals surface area contributed by atoms with Gasteiger partial charge in [0.05, 0.1) is 24.1 Å². The largest absolute Gasteiger partial charge is 0.505 e.